The molecule has 7 nitrogen and oxygen atoms in total. The van der Waals surface area contributed by atoms with Gasteiger partial charge in [-0.15, -0.1) is 18.3 Å². The summed E-state index contributed by atoms with van der Waals surface area (Å²) in [5.41, 5.74) is 2.79. The fraction of sp³-hybridized carbons (Fsp3) is 0.318. The van der Waals surface area contributed by atoms with Gasteiger partial charge in [-0.1, -0.05) is 43.3 Å². The maximum atomic E-state index is 12.3. The molecule has 1 aliphatic heterocycles. The van der Waals surface area contributed by atoms with Crippen LogP contribution in [-0.2, 0) is 27.9 Å². The van der Waals surface area contributed by atoms with Crippen molar-refractivity contribution in [2.45, 2.75) is 31.7 Å². The molecule has 3 aromatic rings. The predicted molar refractivity (Wildman–Crippen MR) is 109 cm³/mol. The summed E-state index contributed by atoms with van der Waals surface area (Å²) in [6.45, 7) is 3.78. The Morgan fingerprint density at radius 1 is 1.12 bits per heavy atom. The Kier molecular flexibility index (Phi) is 5.88. The lowest BCUT2D eigenvalue weighted by atomic mass is 9.80. The highest BCUT2D eigenvalue weighted by molar-refractivity contribution is 5.91. The Bertz CT molecular complexity index is 1080. The van der Waals surface area contributed by atoms with E-state index >= 15 is 0 Å². The van der Waals surface area contributed by atoms with Crippen LogP contribution in [0.3, 0.4) is 0 Å². The number of amides is 1. The summed E-state index contributed by atoms with van der Waals surface area (Å²) in [6.07, 6.45) is -3.12. The third kappa shape index (κ3) is 5.44. The largest absolute Gasteiger partial charge is 0.573 e. The van der Waals surface area contributed by atoms with E-state index in [1.807, 2.05) is 24.3 Å². The molecule has 0 aliphatic carbocycles. The molecule has 1 aliphatic rings. The second-order valence-corrected chi connectivity index (χ2v) is 7.93. The number of rotatable bonds is 7. The Hall–Kier alpha value is -3.40. The van der Waals surface area contributed by atoms with Crippen molar-refractivity contribution in [3.63, 3.8) is 0 Å². The summed E-state index contributed by atoms with van der Waals surface area (Å²) in [7, 11) is 0. The van der Waals surface area contributed by atoms with Crippen LogP contribution in [0.25, 0.3) is 0 Å². The molecule has 1 fully saturated rings. The molecular formula is C22H21F3N4O3. The fourth-order valence-corrected chi connectivity index (χ4v) is 3.36. The SMILES string of the molecule is CC1(c2ccc(CC(=O)Nc3cnn(Cc4ccc(OC(F)(F)F)cc4)n3)cc2)COC1. The summed E-state index contributed by atoms with van der Waals surface area (Å²) in [6, 6.07) is 13.3. The minimum Gasteiger partial charge on any atom is -0.406 e. The average Bonchev–Trinajstić information content (AvgIpc) is 3.13. The van der Waals surface area contributed by atoms with Gasteiger partial charge in [-0.2, -0.15) is 9.90 Å². The molecule has 1 aromatic heterocycles. The highest BCUT2D eigenvalue weighted by Gasteiger charge is 2.35. The molecule has 168 valence electrons. The van der Waals surface area contributed by atoms with Crippen LogP contribution in [0.5, 0.6) is 5.75 Å². The Morgan fingerprint density at radius 3 is 2.38 bits per heavy atom. The van der Waals surface area contributed by atoms with Gasteiger partial charge in [-0.05, 0) is 28.8 Å². The van der Waals surface area contributed by atoms with Crippen LogP contribution in [0.1, 0.15) is 23.6 Å². The van der Waals surface area contributed by atoms with Crippen molar-refractivity contribution >= 4 is 11.7 Å². The second-order valence-electron chi connectivity index (χ2n) is 7.93. The van der Waals surface area contributed by atoms with E-state index in [0.29, 0.717) is 24.6 Å². The van der Waals surface area contributed by atoms with Crippen molar-refractivity contribution in [3.8, 4) is 5.75 Å². The van der Waals surface area contributed by atoms with E-state index in [1.165, 1.54) is 40.8 Å². The fourth-order valence-electron chi connectivity index (χ4n) is 3.36. The molecule has 2 aromatic carbocycles. The number of hydrogen-bond acceptors (Lipinski definition) is 5. The van der Waals surface area contributed by atoms with Gasteiger partial charge in [0.1, 0.15) is 5.75 Å². The molecule has 0 saturated carbocycles. The van der Waals surface area contributed by atoms with Gasteiger partial charge in [0.2, 0.25) is 5.91 Å². The van der Waals surface area contributed by atoms with Crippen molar-refractivity contribution in [2.75, 3.05) is 18.5 Å². The number of hydrogen-bond donors (Lipinski definition) is 1. The number of nitrogens with zero attached hydrogens (tertiary/aromatic N) is 3. The summed E-state index contributed by atoms with van der Waals surface area (Å²) >= 11 is 0. The number of aromatic nitrogens is 3. The van der Waals surface area contributed by atoms with Crippen LogP contribution in [0.15, 0.2) is 54.7 Å². The first-order valence-electron chi connectivity index (χ1n) is 9.90. The number of alkyl halides is 3. The van der Waals surface area contributed by atoms with Crippen LogP contribution in [0.4, 0.5) is 19.0 Å². The van der Waals surface area contributed by atoms with Crippen molar-refractivity contribution in [3.05, 3.63) is 71.4 Å². The molecule has 10 heteroatoms. The standard InChI is InChI=1S/C22H21F3N4O3/c1-21(13-31-14-21)17-6-2-15(3-7-17)10-20(30)27-19-11-26-29(28-19)12-16-4-8-18(9-5-16)32-22(23,24)25/h2-9,11H,10,12-14H2,1H3,(H,27,28,30). The highest BCUT2D eigenvalue weighted by Crippen LogP contribution is 2.31. The smallest absolute Gasteiger partial charge is 0.406 e. The van der Waals surface area contributed by atoms with Crippen molar-refractivity contribution in [2.24, 2.45) is 0 Å². The first kappa shape index (κ1) is 21.8. The molecule has 0 atom stereocenters. The van der Waals surface area contributed by atoms with Crippen molar-refractivity contribution in [1.29, 1.82) is 0 Å². The maximum absolute atomic E-state index is 12.3. The molecule has 0 radical (unpaired) electrons. The summed E-state index contributed by atoms with van der Waals surface area (Å²) < 4.78 is 45.8. The molecule has 0 unspecified atom stereocenters. The van der Waals surface area contributed by atoms with E-state index in [9.17, 15) is 18.0 Å². The topological polar surface area (TPSA) is 78.3 Å². The van der Waals surface area contributed by atoms with Gasteiger partial charge >= 0.3 is 6.36 Å². The third-order valence-corrected chi connectivity index (χ3v) is 5.14. The van der Waals surface area contributed by atoms with Gasteiger partial charge in [0, 0.05) is 5.41 Å². The number of benzene rings is 2. The predicted octanol–water partition coefficient (Wildman–Crippen LogP) is 3.69. The summed E-state index contributed by atoms with van der Waals surface area (Å²) in [5, 5.41) is 11.0. The van der Waals surface area contributed by atoms with Crippen LogP contribution in [0, 0.1) is 0 Å². The number of anilines is 1. The molecule has 1 amide bonds. The number of carbonyl (C=O) groups excluding carboxylic acids is 1. The van der Waals surface area contributed by atoms with Gasteiger partial charge in [0.05, 0.1) is 32.4 Å². The number of ether oxygens (including phenoxy) is 2. The third-order valence-electron chi connectivity index (χ3n) is 5.14. The van der Waals surface area contributed by atoms with Crippen LogP contribution in [-0.4, -0.2) is 40.5 Å². The molecular weight excluding hydrogens is 425 g/mol. The van der Waals surface area contributed by atoms with E-state index in [1.54, 1.807) is 0 Å². The Morgan fingerprint density at radius 2 is 1.78 bits per heavy atom. The maximum Gasteiger partial charge on any atom is 0.573 e. The molecule has 2 heterocycles. The lowest BCUT2D eigenvalue weighted by Gasteiger charge is -2.38. The van der Waals surface area contributed by atoms with Crippen LogP contribution >= 0.6 is 0 Å². The molecule has 32 heavy (non-hydrogen) atoms. The normalized spacial score (nSPS) is 15.1. The molecule has 1 saturated heterocycles. The lowest BCUT2D eigenvalue weighted by Crippen LogP contribution is -2.43. The average molecular weight is 446 g/mol. The molecule has 4 rings (SSSR count). The van der Waals surface area contributed by atoms with E-state index in [4.69, 9.17) is 4.74 Å². The Labute approximate surface area is 182 Å². The first-order valence-corrected chi connectivity index (χ1v) is 9.90. The van der Waals surface area contributed by atoms with E-state index in [2.05, 4.69) is 27.2 Å². The van der Waals surface area contributed by atoms with Crippen LogP contribution < -0.4 is 10.1 Å². The highest BCUT2D eigenvalue weighted by atomic mass is 19.4. The van der Waals surface area contributed by atoms with Gasteiger partial charge in [-0.3, -0.25) is 4.79 Å². The van der Waals surface area contributed by atoms with Crippen molar-refractivity contribution < 1.29 is 27.4 Å². The number of halogens is 3. The van der Waals surface area contributed by atoms with E-state index in [0.717, 1.165) is 5.56 Å². The second kappa shape index (κ2) is 8.62. The molecule has 0 bridgehead atoms. The summed E-state index contributed by atoms with van der Waals surface area (Å²) in [4.78, 5) is 13.7. The zero-order chi connectivity index (χ0) is 22.8. The Balaban J connectivity index is 1.29. The van der Waals surface area contributed by atoms with E-state index in [-0.39, 0.29) is 30.0 Å². The molecule has 1 N–H and O–H groups in total. The van der Waals surface area contributed by atoms with E-state index < -0.39 is 6.36 Å². The zero-order valence-electron chi connectivity index (χ0n) is 17.2. The molecule has 0 spiro atoms. The summed E-state index contributed by atoms with van der Waals surface area (Å²) in [5.74, 6) is -0.231. The first-order chi connectivity index (χ1) is 15.2. The lowest BCUT2D eigenvalue weighted by molar-refractivity contribution is -0.274. The minimum atomic E-state index is -4.73. The van der Waals surface area contributed by atoms with Gasteiger partial charge < -0.3 is 14.8 Å². The van der Waals surface area contributed by atoms with Gasteiger partial charge in [0.15, 0.2) is 5.82 Å². The minimum absolute atomic E-state index is 0.0466. The van der Waals surface area contributed by atoms with Gasteiger partial charge in [0.25, 0.3) is 0 Å². The number of nitrogens with one attached hydrogen (secondary N) is 1. The zero-order valence-corrected chi connectivity index (χ0v) is 17.2. The monoisotopic (exact) mass is 446 g/mol. The van der Waals surface area contributed by atoms with Crippen molar-refractivity contribution in [1.82, 2.24) is 15.0 Å². The quantitative estimate of drug-likeness (QED) is 0.599. The number of carbonyl (C=O) groups is 1. The van der Waals surface area contributed by atoms with Gasteiger partial charge in [-0.25, -0.2) is 0 Å². The van der Waals surface area contributed by atoms with Crippen LogP contribution in [0.2, 0.25) is 0 Å².